The Kier molecular flexibility index (Phi) is 4.57. The van der Waals surface area contributed by atoms with Gasteiger partial charge in [-0.05, 0) is 36.4 Å². The highest BCUT2D eigenvalue weighted by molar-refractivity contribution is 6.02. The molecule has 132 valence electrons. The Morgan fingerprint density at radius 2 is 1.69 bits per heavy atom. The monoisotopic (exact) mass is 359 g/mol. The first-order chi connectivity index (χ1) is 12.3. The van der Waals surface area contributed by atoms with Gasteiger partial charge in [0.05, 0.1) is 11.3 Å². The minimum Gasteiger partial charge on any atom is -0.321 e. The molecule has 0 radical (unpaired) electrons. The molecule has 1 amide bonds. The number of aromatic nitrogens is 2. The standard InChI is InChI=1S/C18H12F3N3O2/c19-18(20,21)12-5-4-6-13(11-12)22-17(26)15-9-10-16(25)24(23-15)14-7-2-1-3-8-14/h1-11H,(H,22,26). The van der Waals surface area contributed by atoms with Crippen LogP contribution in [0.25, 0.3) is 5.69 Å². The number of amides is 1. The number of rotatable bonds is 3. The van der Waals surface area contributed by atoms with E-state index in [1.54, 1.807) is 30.3 Å². The van der Waals surface area contributed by atoms with Crippen LogP contribution in [0, 0.1) is 0 Å². The summed E-state index contributed by atoms with van der Waals surface area (Å²) in [4.78, 5) is 24.3. The van der Waals surface area contributed by atoms with Crippen molar-refractivity contribution in [1.82, 2.24) is 9.78 Å². The highest BCUT2D eigenvalue weighted by atomic mass is 19.4. The number of anilines is 1. The van der Waals surface area contributed by atoms with Crippen molar-refractivity contribution in [2.45, 2.75) is 6.18 Å². The lowest BCUT2D eigenvalue weighted by molar-refractivity contribution is -0.137. The van der Waals surface area contributed by atoms with Crippen LogP contribution in [0.15, 0.2) is 71.5 Å². The minimum absolute atomic E-state index is 0.0240. The van der Waals surface area contributed by atoms with Crippen LogP contribution in [-0.2, 0) is 6.18 Å². The lowest BCUT2D eigenvalue weighted by Gasteiger charge is -2.10. The predicted octanol–water partition coefficient (Wildman–Crippen LogP) is 3.50. The highest BCUT2D eigenvalue weighted by Gasteiger charge is 2.30. The van der Waals surface area contributed by atoms with Crippen LogP contribution in [0.2, 0.25) is 0 Å². The van der Waals surface area contributed by atoms with Crippen LogP contribution >= 0.6 is 0 Å². The van der Waals surface area contributed by atoms with Crippen LogP contribution in [0.5, 0.6) is 0 Å². The number of carbonyl (C=O) groups excluding carboxylic acids is 1. The summed E-state index contributed by atoms with van der Waals surface area (Å²) in [7, 11) is 0. The summed E-state index contributed by atoms with van der Waals surface area (Å²) >= 11 is 0. The molecule has 0 saturated heterocycles. The first-order valence-electron chi connectivity index (χ1n) is 7.49. The number of carbonyl (C=O) groups is 1. The Bertz CT molecular complexity index is 998. The van der Waals surface area contributed by atoms with Crippen molar-refractivity contribution in [3.05, 3.63) is 88.3 Å². The third-order valence-corrected chi connectivity index (χ3v) is 3.48. The summed E-state index contributed by atoms with van der Waals surface area (Å²) in [5.41, 5.74) is -0.981. The second kappa shape index (κ2) is 6.83. The second-order valence-electron chi connectivity index (χ2n) is 5.34. The molecule has 0 fully saturated rings. The summed E-state index contributed by atoms with van der Waals surface area (Å²) in [5.74, 6) is -0.728. The van der Waals surface area contributed by atoms with Crippen molar-refractivity contribution in [3.8, 4) is 5.69 Å². The van der Waals surface area contributed by atoms with Gasteiger partial charge in [-0.1, -0.05) is 24.3 Å². The molecular formula is C18H12F3N3O2. The first kappa shape index (κ1) is 17.4. The summed E-state index contributed by atoms with van der Waals surface area (Å²) in [6.07, 6.45) is -4.51. The van der Waals surface area contributed by atoms with Gasteiger partial charge in [-0.2, -0.15) is 23.0 Å². The lowest BCUT2D eigenvalue weighted by atomic mass is 10.2. The predicted molar refractivity (Wildman–Crippen MR) is 89.2 cm³/mol. The number of hydrogen-bond acceptors (Lipinski definition) is 3. The van der Waals surface area contributed by atoms with Gasteiger partial charge in [0.2, 0.25) is 0 Å². The van der Waals surface area contributed by atoms with E-state index in [4.69, 9.17) is 0 Å². The molecule has 2 aromatic carbocycles. The van der Waals surface area contributed by atoms with E-state index in [1.807, 2.05) is 0 Å². The largest absolute Gasteiger partial charge is 0.416 e. The lowest BCUT2D eigenvalue weighted by Crippen LogP contribution is -2.24. The average molecular weight is 359 g/mol. The molecule has 8 heteroatoms. The third kappa shape index (κ3) is 3.80. The van der Waals surface area contributed by atoms with Crippen molar-refractivity contribution < 1.29 is 18.0 Å². The van der Waals surface area contributed by atoms with Gasteiger partial charge in [0, 0.05) is 11.8 Å². The van der Waals surface area contributed by atoms with Crippen molar-refractivity contribution >= 4 is 11.6 Å². The number of hydrogen-bond donors (Lipinski definition) is 1. The summed E-state index contributed by atoms with van der Waals surface area (Å²) in [6, 6.07) is 15.1. The third-order valence-electron chi connectivity index (χ3n) is 3.48. The molecule has 0 spiro atoms. The number of para-hydroxylation sites is 1. The van der Waals surface area contributed by atoms with E-state index in [-0.39, 0.29) is 11.4 Å². The van der Waals surface area contributed by atoms with E-state index in [1.165, 1.54) is 24.3 Å². The minimum atomic E-state index is -4.51. The molecule has 0 aliphatic rings. The smallest absolute Gasteiger partial charge is 0.321 e. The maximum atomic E-state index is 12.8. The Labute approximate surface area is 145 Å². The Balaban J connectivity index is 1.89. The molecule has 0 aliphatic heterocycles. The quantitative estimate of drug-likeness (QED) is 0.778. The van der Waals surface area contributed by atoms with Crippen LogP contribution < -0.4 is 10.9 Å². The van der Waals surface area contributed by atoms with Gasteiger partial charge in [-0.15, -0.1) is 0 Å². The summed E-state index contributed by atoms with van der Waals surface area (Å²) in [5, 5.41) is 6.33. The van der Waals surface area contributed by atoms with Gasteiger partial charge in [0.25, 0.3) is 11.5 Å². The number of halogens is 3. The normalized spacial score (nSPS) is 11.2. The number of benzene rings is 2. The highest BCUT2D eigenvalue weighted by Crippen LogP contribution is 2.30. The second-order valence-corrected chi connectivity index (χ2v) is 5.34. The zero-order chi connectivity index (χ0) is 18.7. The van der Waals surface area contributed by atoms with E-state index < -0.39 is 23.2 Å². The zero-order valence-corrected chi connectivity index (χ0v) is 13.2. The van der Waals surface area contributed by atoms with Gasteiger partial charge in [-0.25, -0.2) is 0 Å². The number of alkyl halides is 3. The summed E-state index contributed by atoms with van der Waals surface area (Å²) < 4.78 is 39.3. The summed E-state index contributed by atoms with van der Waals surface area (Å²) in [6.45, 7) is 0. The van der Waals surface area contributed by atoms with E-state index in [2.05, 4.69) is 10.4 Å². The van der Waals surface area contributed by atoms with Crippen molar-refractivity contribution in [2.75, 3.05) is 5.32 Å². The van der Waals surface area contributed by atoms with Crippen molar-refractivity contribution in [1.29, 1.82) is 0 Å². The SMILES string of the molecule is O=C(Nc1cccc(C(F)(F)F)c1)c1ccc(=O)n(-c2ccccc2)n1. The van der Waals surface area contributed by atoms with Crippen LogP contribution in [0.3, 0.4) is 0 Å². The topological polar surface area (TPSA) is 64.0 Å². The molecule has 1 N–H and O–H groups in total. The molecule has 1 aromatic heterocycles. The van der Waals surface area contributed by atoms with E-state index in [0.29, 0.717) is 5.69 Å². The number of nitrogens with one attached hydrogen (secondary N) is 1. The van der Waals surface area contributed by atoms with Gasteiger partial charge < -0.3 is 5.32 Å². The fourth-order valence-corrected chi connectivity index (χ4v) is 2.25. The molecule has 0 bridgehead atoms. The average Bonchev–Trinajstić information content (AvgIpc) is 2.62. The van der Waals surface area contributed by atoms with Gasteiger partial charge in [0.15, 0.2) is 0 Å². The van der Waals surface area contributed by atoms with E-state index >= 15 is 0 Å². The van der Waals surface area contributed by atoms with E-state index in [9.17, 15) is 22.8 Å². The van der Waals surface area contributed by atoms with Crippen LogP contribution in [0.1, 0.15) is 16.1 Å². The fraction of sp³-hybridized carbons (Fsp3) is 0.0556. The molecule has 0 atom stereocenters. The molecular weight excluding hydrogens is 347 g/mol. The Morgan fingerprint density at radius 1 is 0.962 bits per heavy atom. The maximum absolute atomic E-state index is 12.8. The van der Waals surface area contributed by atoms with E-state index in [0.717, 1.165) is 16.8 Å². The molecule has 1 heterocycles. The van der Waals surface area contributed by atoms with Crippen LogP contribution in [0.4, 0.5) is 18.9 Å². The Hall–Kier alpha value is -3.42. The molecule has 0 aliphatic carbocycles. The maximum Gasteiger partial charge on any atom is 0.416 e. The molecule has 0 unspecified atom stereocenters. The van der Waals surface area contributed by atoms with Gasteiger partial charge >= 0.3 is 6.18 Å². The Morgan fingerprint density at radius 3 is 2.38 bits per heavy atom. The van der Waals surface area contributed by atoms with Gasteiger partial charge in [0.1, 0.15) is 5.69 Å². The first-order valence-corrected chi connectivity index (χ1v) is 7.49. The number of nitrogens with zero attached hydrogens (tertiary/aromatic N) is 2. The van der Waals surface area contributed by atoms with Crippen molar-refractivity contribution in [3.63, 3.8) is 0 Å². The van der Waals surface area contributed by atoms with Crippen LogP contribution in [-0.4, -0.2) is 15.7 Å². The fourth-order valence-electron chi connectivity index (χ4n) is 2.25. The molecule has 26 heavy (non-hydrogen) atoms. The molecule has 3 rings (SSSR count). The zero-order valence-electron chi connectivity index (χ0n) is 13.2. The molecule has 3 aromatic rings. The molecule has 0 saturated carbocycles. The van der Waals surface area contributed by atoms with Crippen molar-refractivity contribution in [2.24, 2.45) is 0 Å². The van der Waals surface area contributed by atoms with Gasteiger partial charge in [-0.3, -0.25) is 9.59 Å². The molecule has 5 nitrogen and oxygen atoms in total.